The second-order valence-corrected chi connectivity index (χ2v) is 14.9. The number of rotatable bonds is 8. The molecule has 2 aliphatic heterocycles. The van der Waals surface area contributed by atoms with E-state index in [-0.39, 0.29) is 11.9 Å². The first kappa shape index (κ1) is 29.5. The third kappa shape index (κ3) is 6.83. The summed E-state index contributed by atoms with van der Waals surface area (Å²) in [7, 11) is -3.32. The number of hydrogen-bond donors (Lipinski definition) is 3. The molecule has 10 heteroatoms. The summed E-state index contributed by atoms with van der Waals surface area (Å²) < 4.78 is 26.1. The SMILES string of the molecule is CS(=O)(=O)Nc1ccc2[nH]cc(C3CC4CCC(C3)N4CC3CCC(NC(=O)/C=C/c4ccc(Cl)c(Cl)c4)CC3)c2c1. The molecule has 1 amide bonds. The van der Waals surface area contributed by atoms with E-state index in [9.17, 15) is 13.2 Å². The summed E-state index contributed by atoms with van der Waals surface area (Å²) in [5.41, 5.74) is 3.82. The number of benzene rings is 2. The summed E-state index contributed by atoms with van der Waals surface area (Å²) >= 11 is 12.0. The van der Waals surface area contributed by atoms with Crippen molar-refractivity contribution in [1.29, 1.82) is 0 Å². The number of hydrogen-bond acceptors (Lipinski definition) is 4. The van der Waals surface area contributed by atoms with Gasteiger partial charge in [0.2, 0.25) is 15.9 Å². The molecule has 6 rings (SSSR count). The number of aromatic amines is 1. The van der Waals surface area contributed by atoms with Crippen LogP contribution in [0.2, 0.25) is 10.0 Å². The maximum absolute atomic E-state index is 12.5. The van der Waals surface area contributed by atoms with Crippen molar-refractivity contribution in [2.75, 3.05) is 17.5 Å². The fourth-order valence-corrected chi connectivity index (χ4v) is 8.27. The van der Waals surface area contributed by atoms with Gasteiger partial charge in [0.15, 0.2) is 0 Å². The highest BCUT2D eigenvalue weighted by Crippen LogP contribution is 2.45. The van der Waals surface area contributed by atoms with Crippen LogP contribution in [0.3, 0.4) is 0 Å². The molecule has 2 atom stereocenters. The number of nitrogens with zero attached hydrogens (tertiary/aromatic N) is 1. The number of carbonyl (C=O) groups excluding carboxylic acids is 1. The number of halogens is 2. The Morgan fingerprint density at radius 1 is 1.00 bits per heavy atom. The zero-order valence-corrected chi connectivity index (χ0v) is 26.1. The minimum Gasteiger partial charge on any atom is -0.361 e. The molecule has 2 unspecified atom stereocenters. The Hall–Kier alpha value is -2.52. The first-order valence-corrected chi connectivity index (χ1v) is 17.5. The Bertz CT molecular complexity index is 1580. The molecular formula is C32H38Cl2N4O3S. The van der Waals surface area contributed by atoms with Crippen LogP contribution in [0.15, 0.2) is 48.7 Å². The summed E-state index contributed by atoms with van der Waals surface area (Å²) in [5.74, 6) is 1.08. The van der Waals surface area contributed by atoms with Crippen LogP contribution in [0.25, 0.3) is 17.0 Å². The van der Waals surface area contributed by atoms with Gasteiger partial charge in [0.1, 0.15) is 0 Å². The van der Waals surface area contributed by atoms with Crippen molar-refractivity contribution < 1.29 is 13.2 Å². The maximum Gasteiger partial charge on any atom is 0.244 e. The molecule has 3 aromatic rings. The monoisotopic (exact) mass is 628 g/mol. The number of H-pyrrole nitrogens is 1. The normalized spacial score (nSPS) is 26.6. The summed E-state index contributed by atoms with van der Waals surface area (Å²) in [5, 5.41) is 5.28. The predicted molar refractivity (Wildman–Crippen MR) is 172 cm³/mol. The number of aromatic nitrogens is 1. The summed E-state index contributed by atoms with van der Waals surface area (Å²) in [4.78, 5) is 18.7. The lowest BCUT2D eigenvalue weighted by molar-refractivity contribution is -0.117. The molecule has 2 aromatic carbocycles. The van der Waals surface area contributed by atoms with Gasteiger partial charge in [-0.1, -0.05) is 29.3 Å². The Morgan fingerprint density at radius 2 is 1.74 bits per heavy atom. The third-order valence-electron chi connectivity index (χ3n) is 9.37. The van der Waals surface area contributed by atoms with Gasteiger partial charge in [-0.3, -0.25) is 14.4 Å². The maximum atomic E-state index is 12.5. The fourth-order valence-electron chi connectivity index (χ4n) is 7.41. The first-order chi connectivity index (χ1) is 20.1. The lowest BCUT2D eigenvalue weighted by atomic mass is 9.82. The smallest absolute Gasteiger partial charge is 0.244 e. The number of amides is 1. The van der Waals surface area contributed by atoms with Crippen molar-refractivity contribution in [3.63, 3.8) is 0 Å². The lowest BCUT2D eigenvalue weighted by Crippen LogP contribution is -2.46. The minimum atomic E-state index is -3.32. The van der Waals surface area contributed by atoms with Crippen molar-refractivity contribution in [3.05, 3.63) is 69.8 Å². The number of sulfonamides is 1. The van der Waals surface area contributed by atoms with Gasteiger partial charge in [-0.2, -0.15) is 0 Å². The molecule has 0 spiro atoms. The average Bonchev–Trinajstić information content (AvgIpc) is 3.45. The minimum absolute atomic E-state index is 0.0684. The Balaban J connectivity index is 1.01. The largest absolute Gasteiger partial charge is 0.361 e. The van der Waals surface area contributed by atoms with E-state index in [4.69, 9.17) is 23.2 Å². The molecule has 0 radical (unpaired) electrons. The van der Waals surface area contributed by atoms with E-state index < -0.39 is 10.0 Å². The lowest BCUT2D eigenvalue weighted by Gasteiger charge is -2.42. The van der Waals surface area contributed by atoms with Crippen LogP contribution in [-0.2, 0) is 14.8 Å². The van der Waals surface area contributed by atoms with Gasteiger partial charge < -0.3 is 10.3 Å². The standard InChI is InChI=1S/C32H38Cl2N4O3S/c1-42(40,41)37-24-8-12-31-27(17-24)28(18-35-31)22-15-25-9-10-26(16-22)38(25)19-21-2-6-23(7-3-21)36-32(39)13-5-20-4-11-29(33)30(34)14-20/h4-5,8,11-14,17-18,21-23,25-26,35,37H,2-3,6-7,9-10,15-16,19H2,1H3,(H,36,39)/b13-5+. The molecule has 3 aliphatic rings. The summed E-state index contributed by atoms with van der Waals surface area (Å²) in [6.45, 7) is 1.15. The molecular weight excluding hydrogens is 591 g/mol. The molecule has 1 saturated carbocycles. The second kappa shape index (κ2) is 12.2. The van der Waals surface area contributed by atoms with Crippen molar-refractivity contribution in [2.45, 2.75) is 75.4 Å². The van der Waals surface area contributed by atoms with Gasteiger partial charge in [-0.15, -0.1) is 0 Å². The van der Waals surface area contributed by atoms with E-state index in [2.05, 4.69) is 26.1 Å². The van der Waals surface area contributed by atoms with Gasteiger partial charge in [0.25, 0.3) is 0 Å². The Kier molecular flexibility index (Phi) is 8.60. The summed E-state index contributed by atoms with van der Waals surface area (Å²) in [6, 6.07) is 12.5. The first-order valence-electron chi connectivity index (χ1n) is 14.9. The molecule has 2 bridgehead atoms. The molecule has 1 aliphatic carbocycles. The quantitative estimate of drug-likeness (QED) is 0.235. The molecule has 3 heterocycles. The van der Waals surface area contributed by atoms with Gasteiger partial charge >= 0.3 is 0 Å². The zero-order chi connectivity index (χ0) is 29.4. The van der Waals surface area contributed by atoms with Crippen LogP contribution in [-0.4, -0.2) is 55.1 Å². The molecule has 1 aromatic heterocycles. The van der Waals surface area contributed by atoms with Crippen molar-refractivity contribution >= 4 is 61.8 Å². The highest BCUT2D eigenvalue weighted by molar-refractivity contribution is 7.92. The molecule has 3 N–H and O–H groups in total. The van der Waals surface area contributed by atoms with Gasteiger partial charge in [-0.05, 0) is 111 Å². The average molecular weight is 630 g/mol. The van der Waals surface area contributed by atoms with Gasteiger partial charge in [0.05, 0.1) is 16.3 Å². The number of carbonyl (C=O) groups is 1. The fraction of sp³-hybridized carbons (Fsp3) is 0.469. The predicted octanol–water partition coefficient (Wildman–Crippen LogP) is 6.95. The molecule has 224 valence electrons. The second-order valence-electron chi connectivity index (χ2n) is 12.4. The van der Waals surface area contributed by atoms with Crippen LogP contribution in [0, 0.1) is 5.92 Å². The van der Waals surface area contributed by atoms with Crippen molar-refractivity contribution in [2.24, 2.45) is 5.92 Å². The zero-order valence-electron chi connectivity index (χ0n) is 23.8. The van der Waals surface area contributed by atoms with Crippen LogP contribution in [0.1, 0.15) is 68.4 Å². The van der Waals surface area contributed by atoms with E-state index in [1.165, 1.54) is 24.7 Å². The van der Waals surface area contributed by atoms with Gasteiger partial charge in [-0.25, -0.2) is 8.42 Å². The molecule has 3 fully saturated rings. The Morgan fingerprint density at radius 3 is 2.43 bits per heavy atom. The highest BCUT2D eigenvalue weighted by atomic mass is 35.5. The number of anilines is 1. The number of nitrogens with one attached hydrogen (secondary N) is 3. The van der Waals surface area contributed by atoms with Crippen LogP contribution in [0.5, 0.6) is 0 Å². The Labute approximate surface area is 258 Å². The van der Waals surface area contributed by atoms with Crippen molar-refractivity contribution in [3.8, 4) is 0 Å². The molecule has 2 saturated heterocycles. The molecule has 42 heavy (non-hydrogen) atoms. The van der Waals surface area contributed by atoms with E-state index in [1.807, 2.05) is 24.3 Å². The van der Waals surface area contributed by atoms with Crippen LogP contribution in [0.4, 0.5) is 5.69 Å². The van der Waals surface area contributed by atoms with E-state index >= 15 is 0 Å². The van der Waals surface area contributed by atoms with E-state index in [0.29, 0.717) is 39.7 Å². The number of fused-ring (bicyclic) bond motifs is 3. The highest BCUT2D eigenvalue weighted by Gasteiger charge is 2.42. The van der Waals surface area contributed by atoms with Crippen LogP contribution < -0.4 is 10.0 Å². The van der Waals surface area contributed by atoms with Crippen LogP contribution >= 0.6 is 23.2 Å². The molecule has 7 nitrogen and oxygen atoms in total. The summed E-state index contributed by atoms with van der Waals surface area (Å²) in [6.07, 6.45) is 15.8. The third-order valence-corrected chi connectivity index (χ3v) is 10.7. The van der Waals surface area contributed by atoms with E-state index in [1.54, 1.807) is 24.3 Å². The number of piperidine rings is 1. The van der Waals surface area contributed by atoms with Gasteiger partial charge in [0, 0.05) is 53.5 Å². The topological polar surface area (TPSA) is 94.3 Å². The van der Waals surface area contributed by atoms with E-state index in [0.717, 1.165) is 61.5 Å². The van der Waals surface area contributed by atoms with Crippen molar-refractivity contribution in [1.82, 2.24) is 15.2 Å².